The Morgan fingerprint density at radius 2 is 2.31 bits per heavy atom. The Morgan fingerprint density at radius 3 is 2.77 bits per heavy atom. The number of hydrogen-bond donors (Lipinski definition) is 2. The number of nitrogens with one attached hydrogen (secondary N) is 1. The topological polar surface area (TPSA) is 75.6 Å². The highest BCUT2D eigenvalue weighted by Gasteiger charge is 2.33. The summed E-state index contributed by atoms with van der Waals surface area (Å²) in [7, 11) is 0. The lowest BCUT2D eigenvalue weighted by Crippen LogP contribution is -2.40. The van der Waals surface area contributed by atoms with Crippen LogP contribution in [0.1, 0.15) is 6.42 Å². The van der Waals surface area contributed by atoms with Crippen LogP contribution in [0.25, 0.3) is 0 Å². The average Bonchev–Trinajstić information content (AvgIpc) is 2.51. The molecule has 0 bridgehead atoms. The molecule has 0 aliphatic carbocycles. The molecular formula is C8H11NO4. The zero-order valence-electron chi connectivity index (χ0n) is 7.03. The Kier molecular flexibility index (Phi) is 3.16. The molecule has 1 saturated heterocycles. The van der Waals surface area contributed by atoms with Crippen LogP contribution in [-0.4, -0.2) is 35.7 Å². The first kappa shape index (κ1) is 9.88. The second-order valence-corrected chi connectivity index (χ2v) is 2.73. The van der Waals surface area contributed by atoms with Crippen LogP contribution < -0.4 is 5.32 Å². The van der Waals surface area contributed by atoms with Crippen molar-refractivity contribution in [1.29, 1.82) is 0 Å². The summed E-state index contributed by atoms with van der Waals surface area (Å²) < 4.78 is 4.34. The van der Waals surface area contributed by atoms with Gasteiger partial charge in [0.2, 0.25) is 0 Å². The molecule has 2 N–H and O–H groups in total. The molecule has 5 nitrogen and oxygen atoms in total. The van der Waals surface area contributed by atoms with Gasteiger partial charge in [-0.15, -0.1) is 0 Å². The quantitative estimate of drug-likeness (QED) is 0.326. The molecule has 1 fully saturated rings. The van der Waals surface area contributed by atoms with Gasteiger partial charge >= 0.3 is 11.9 Å². The van der Waals surface area contributed by atoms with Gasteiger partial charge < -0.3 is 15.2 Å². The summed E-state index contributed by atoms with van der Waals surface area (Å²) in [6.07, 6.45) is 0.617. The first-order valence-electron chi connectivity index (χ1n) is 3.94. The van der Waals surface area contributed by atoms with E-state index >= 15 is 0 Å². The minimum absolute atomic E-state index is 0.488. The summed E-state index contributed by atoms with van der Waals surface area (Å²) in [5.74, 6) is -1.55. The smallest absolute Gasteiger partial charge is 0.337 e. The first-order chi connectivity index (χ1) is 6.15. The van der Waals surface area contributed by atoms with Crippen molar-refractivity contribution in [3.8, 4) is 0 Å². The molecule has 5 heteroatoms. The number of aliphatic hydroxyl groups excluding tert-OH is 1. The Labute approximate surface area is 75.4 Å². The molecule has 72 valence electrons. The predicted octanol–water partition coefficient (Wildman–Crippen LogP) is -1.04. The minimum Gasteiger partial charge on any atom is -0.391 e. The molecule has 1 aliphatic rings. The monoisotopic (exact) mass is 185 g/mol. The van der Waals surface area contributed by atoms with Crippen molar-refractivity contribution in [2.75, 3.05) is 6.54 Å². The lowest BCUT2D eigenvalue weighted by atomic mass is 10.2. The largest absolute Gasteiger partial charge is 0.391 e. The number of hydrogen-bond acceptors (Lipinski definition) is 5. The van der Waals surface area contributed by atoms with Gasteiger partial charge in [0, 0.05) is 6.08 Å². The maximum atomic E-state index is 11.1. The Balaban J connectivity index is 2.47. The van der Waals surface area contributed by atoms with Crippen LogP contribution in [0.2, 0.25) is 0 Å². The number of carbonyl (C=O) groups is 2. The van der Waals surface area contributed by atoms with E-state index in [2.05, 4.69) is 16.6 Å². The Morgan fingerprint density at radius 1 is 1.62 bits per heavy atom. The predicted molar refractivity (Wildman–Crippen MR) is 43.7 cm³/mol. The van der Waals surface area contributed by atoms with E-state index in [1.807, 2.05) is 0 Å². The molecule has 13 heavy (non-hydrogen) atoms. The van der Waals surface area contributed by atoms with Crippen molar-refractivity contribution in [2.45, 2.75) is 18.6 Å². The number of rotatable bonds is 2. The third-order valence-electron chi connectivity index (χ3n) is 1.81. The van der Waals surface area contributed by atoms with E-state index in [4.69, 9.17) is 0 Å². The zero-order chi connectivity index (χ0) is 9.84. The van der Waals surface area contributed by atoms with Gasteiger partial charge in [0.25, 0.3) is 0 Å². The number of esters is 2. The van der Waals surface area contributed by atoms with Gasteiger partial charge in [-0.2, -0.15) is 0 Å². The third kappa shape index (κ3) is 2.37. The molecular weight excluding hydrogens is 174 g/mol. The summed E-state index contributed by atoms with van der Waals surface area (Å²) in [5.41, 5.74) is 0. The lowest BCUT2D eigenvalue weighted by Gasteiger charge is -2.11. The molecule has 2 atom stereocenters. The van der Waals surface area contributed by atoms with Gasteiger partial charge in [0.05, 0.1) is 6.10 Å². The van der Waals surface area contributed by atoms with Gasteiger partial charge in [-0.05, 0) is 13.0 Å². The van der Waals surface area contributed by atoms with Crippen molar-refractivity contribution in [3.05, 3.63) is 12.7 Å². The molecule has 0 aromatic carbocycles. The molecule has 1 heterocycles. The summed E-state index contributed by atoms with van der Waals surface area (Å²) in [4.78, 5) is 21.7. The van der Waals surface area contributed by atoms with Gasteiger partial charge in [0.1, 0.15) is 6.04 Å². The molecule has 1 aliphatic heterocycles. The fourth-order valence-corrected chi connectivity index (χ4v) is 1.13. The molecule has 0 amide bonds. The second kappa shape index (κ2) is 4.15. The average molecular weight is 185 g/mol. The first-order valence-corrected chi connectivity index (χ1v) is 3.94. The molecule has 0 spiro atoms. The van der Waals surface area contributed by atoms with Crippen LogP contribution in [0.15, 0.2) is 12.7 Å². The molecule has 0 radical (unpaired) electrons. The van der Waals surface area contributed by atoms with E-state index in [0.29, 0.717) is 13.0 Å². The van der Waals surface area contributed by atoms with Crippen molar-refractivity contribution in [1.82, 2.24) is 5.32 Å². The van der Waals surface area contributed by atoms with E-state index in [-0.39, 0.29) is 0 Å². The second-order valence-electron chi connectivity index (χ2n) is 2.73. The van der Waals surface area contributed by atoms with Crippen LogP contribution in [0.3, 0.4) is 0 Å². The molecule has 1 unspecified atom stereocenters. The minimum atomic E-state index is -0.800. The van der Waals surface area contributed by atoms with E-state index < -0.39 is 24.1 Å². The SMILES string of the molecule is C=CC(=O)OC(=O)[C@H]1NCCC1O. The molecule has 0 aromatic rings. The Hall–Kier alpha value is -1.20. The van der Waals surface area contributed by atoms with Gasteiger partial charge in [0.15, 0.2) is 0 Å². The van der Waals surface area contributed by atoms with E-state index in [1.54, 1.807) is 0 Å². The van der Waals surface area contributed by atoms with Crippen molar-refractivity contribution in [3.63, 3.8) is 0 Å². The number of carbonyl (C=O) groups excluding carboxylic acids is 2. The van der Waals surface area contributed by atoms with Gasteiger partial charge in [-0.3, -0.25) is 0 Å². The van der Waals surface area contributed by atoms with Gasteiger partial charge in [-0.25, -0.2) is 9.59 Å². The van der Waals surface area contributed by atoms with Crippen molar-refractivity contribution < 1.29 is 19.4 Å². The number of aliphatic hydroxyl groups is 1. The van der Waals surface area contributed by atoms with Gasteiger partial charge in [-0.1, -0.05) is 6.58 Å². The van der Waals surface area contributed by atoms with Crippen LogP contribution in [-0.2, 0) is 14.3 Å². The molecule has 0 saturated carbocycles. The van der Waals surface area contributed by atoms with Crippen LogP contribution in [0.4, 0.5) is 0 Å². The summed E-state index contributed by atoms with van der Waals surface area (Å²) in [6.45, 7) is 3.69. The highest BCUT2D eigenvalue weighted by Crippen LogP contribution is 2.08. The van der Waals surface area contributed by atoms with Crippen LogP contribution in [0.5, 0.6) is 0 Å². The van der Waals surface area contributed by atoms with Crippen molar-refractivity contribution in [2.24, 2.45) is 0 Å². The van der Waals surface area contributed by atoms with Crippen molar-refractivity contribution >= 4 is 11.9 Å². The standard InChI is InChI=1S/C8H11NO4/c1-2-6(11)13-8(12)7-5(10)3-4-9-7/h2,5,7,9-10H,1,3-4H2/t5?,7-/m0/s1. The molecule has 0 aromatic heterocycles. The maximum Gasteiger partial charge on any atom is 0.337 e. The van der Waals surface area contributed by atoms with E-state index in [1.165, 1.54) is 0 Å². The highest BCUT2D eigenvalue weighted by atomic mass is 16.6. The Bertz CT molecular complexity index is 238. The fraction of sp³-hybridized carbons (Fsp3) is 0.500. The summed E-state index contributed by atoms with van der Waals surface area (Å²) in [5, 5.41) is 12.0. The summed E-state index contributed by atoms with van der Waals surface area (Å²) >= 11 is 0. The normalized spacial score (nSPS) is 26.8. The van der Waals surface area contributed by atoms with E-state index in [0.717, 1.165) is 6.08 Å². The number of ether oxygens (including phenoxy) is 1. The maximum absolute atomic E-state index is 11.1. The third-order valence-corrected chi connectivity index (χ3v) is 1.81. The zero-order valence-corrected chi connectivity index (χ0v) is 7.03. The lowest BCUT2D eigenvalue weighted by molar-refractivity contribution is -0.158. The van der Waals surface area contributed by atoms with Crippen LogP contribution in [0, 0.1) is 0 Å². The van der Waals surface area contributed by atoms with E-state index in [9.17, 15) is 14.7 Å². The molecule has 1 rings (SSSR count). The fourth-order valence-electron chi connectivity index (χ4n) is 1.13. The highest BCUT2D eigenvalue weighted by molar-refractivity contribution is 5.93. The van der Waals surface area contributed by atoms with Crippen LogP contribution >= 0.6 is 0 Å². The summed E-state index contributed by atoms with van der Waals surface area (Å²) in [6, 6.07) is -0.788.